The summed E-state index contributed by atoms with van der Waals surface area (Å²) < 4.78 is 33.6. The van der Waals surface area contributed by atoms with Gasteiger partial charge in [-0.2, -0.15) is 0 Å². The van der Waals surface area contributed by atoms with Crippen molar-refractivity contribution in [3.63, 3.8) is 0 Å². The maximum atomic E-state index is 12.7. The molecule has 6 nitrogen and oxygen atoms in total. The second kappa shape index (κ2) is 11.8. The molecule has 32 heavy (non-hydrogen) atoms. The van der Waals surface area contributed by atoms with E-state index in [9.17, 15) is 13.2 Å². The van der Waals surface area contributed by atoms with Crippen LogP contribution >= 0.6 is 15.9 Å². The number of hydrogen-bond acceptors (Lipinski definition) is 4. The Labute approximate surface area is 199 Å². The number of halogens is 1. The molecule has 1 aliphatic rings. The number of amides is 1. The van der Waals surface area contributed by atoms with E-state index in [1.165, 1.54) is 4.31 Å². The van der Waals surface area contributed by atoms with Crippen LogP contribution in [-0.2, 0) is 27.0 Å². The number of benzene rings is 2. The number of carbonyl (C=O) groups is 1. The summed E-state index contributed by atoms with van der Waals surface area (Å²) in [5, 5.41) is 3.02. The SMILES string of the molecule is CCOc1ccccc1CCCNC(=O)C1CCN(S(=O)(=O)Cc2ccc(Br)cc2)CC1. The van der Waals surface area contributed by atoms with Gasteiger partial charge in [0.05, 0.1) is 12.4 Å². The summed E-state index contributed by atoms with van der Waals surface area (Å²) in [6, 6.07) is 15.3. The maximum Gasteiger partial charge on any atom is 0.223 e. The Balaban J connectivity index is 1.41. The Morgan fingerprint density at radius 3 is 2.50 bits per heavy atom. The van der Waals surface area contributed by atoms with E-state index in [1.54, 1.807) is 0 Å². The first kappa shape index (κ1) is 24.7. The molecule has 8 heteroatoms. The number of nitrogens with one attached hydrogen (secondary N) is 1. The third-order valence-electron chi connectivity index (χ3n) is 5.68. The van der Waals surface area contributed by atoms with Crippen LogP contribution in [0.3, 0.4) is 0 Å². The van der Waals surface area contributed by atoms with Crippen molar-refractivity contribution >= 4 is 31.9 Å². The van der Waals surface area contributed by atoms with Gasteiger partial charge in [-0.3, -0.25) is 4.79 Å². The third kappa shape index (κ3) is 7.05. The van der Waals surface area contributed by atoms with Gasteiger partial charge in [-0.05, 0) is 61.9 Å². The van der Waals surface area contributed by atoms with Crippen molar-refractivity contribution in [1.82, 2.24) is 9.62 Å². The number of nitrogens with zero attached hydrogens (tertiary/aromatic N) is 1. The summed E-state index contributed by atoms with van der Waals surface area (Å²) in [5.41, 5.74) is 1.91. The van der Waals surface area contributed by atoms with Gasteiger partial charge in [0.1, 0.15) is 5.75 Å². The molecule has 174 valence electrons. The normalized spacial score (nSPS) is 15.4. The molecule has 2 aromatic rings. The first-order valence-corrected chi connectivity index (χ1v) is 13.5. The Hall–Kier alpha value is -1.90. The van der Waals surface area contributed by atoms with E-state index in [-0.39, 0.29) is 17.6 Å². The van der Waals surface area contributed by atoms with Crippen molar-refractivity contribution in [3.05, 3.63) is 64.1 Å². The van der Waals surface area contributed by atoms with Crippen LogP contribution in [0.5, 0.6) is 5.75 Å². The Morgan fingerprint density at radius 2 is 1.81 bits per heavy atom. The predicted molar refractivity (Wildman–Crippen MR) is 130 cm³/mol. The number of aryl methyl sites for hydroxylation is 1. The van der Waals surface area contributed by atoms with Gasteiger partial charge in [-0.15, -0.1) is 0 Å². The van der Waals surface area contributed by atoms with Crippen molar-refractivity contribution in [2.45, 2.75) is 38.4 Å². The Kier molecular flexibility index (Phi) is 9.13. The van der Waals surface area contributed by atoms with E-state index in [1.807, 2.05) is 49.4 Å². The second-order valence-electron chi connectivity index (χ2n) is 7.99. The Bertz CT molecular complexity index is 987. The molecule has 0 saturated carbocycles. The first-order chi connectivity index (χ1) is 15.4. The molecule has 0 radical (unpaired) electrons. The molecule has 1 heterocycles. The van der Waals surface area contributed by atoms with Crippen molar-refractivity contribution in [2.24, 2.45) is 5.92 Å². The highest BCUT2D eigenvalue weighted by molar-refractivity contribution is 9.10. The van der Waals surface area contributed by atoms with Crippen molar-refractivity contribution in [1.29, 1.82) is 0 Å². The summed E-state index contributed by atoms with van der Waals surface area (Å²) in [6.07, 6.45) is 2.77. The van der Waals surface area contributed by atoms with Gasteiger partial charge in [0.2, 0.25) is 15.9 Å². The topological polar surface area (TPSA) is 75.7 Å². The fourth-order valence-electron chi connectivity index (χ4n) is 3.92. The molecule has 2 aromatic carbocycles. The molecule has 0 aliphatic carbocycles. The van der Waals surface area contributed by atoms with Gasteiger partial charge in [0.25, 0.3) is 0 Å². The Morgan fingerprint density at radius 1 is 1.12 bits per heavy atom. The molecule has 1 saturated heterocycles. The highest BCUT2D eigenvalue weighted by Crippen LogP contribution is 2.23. The summed E-state index contributed by atoms with van der Waals surface area (Å²) in [6.45, 7) is 3.97. The number of piperidine rings is 1. The highest BCUT2D eigenvalue weighted by atomic mass is 79.9. The zero-order valence-electron chi connectivity index (χ0n) is 18.4. The summed E-state index contributed by atoms with van der Waals surface area (Å²) >= 11 is 3.36. The number of carbonyl (C=O) groups excluding carboxylic acids is 1. The lowest BCUT2D eigenvalue weighted by molar-refractivity contribution is -0.126. The van der Waals surface area contributed by atoms with Crippen LogP contribution in [0.2, 0.25) is 0 Å². The molecule has 1 N–H and O–H groups in total. The van der Waals surface area contributed by atoms with E-state index in [0.29, 0.717) is 39.1 Å². The number of sulfonamides is 1. The van der Waals surface area contributed by atoms with Crippen LogP contribution in [0.4, 0.5) is 0 Å². The van der Waals surface area contributed by atoms with Gasteiger partial charge >= 0.3 is 0 Å². The average molecular weight is 523 g/mol. The fraction of sp³-hybridized carbons (Fsp3) is 0.458. The largest absolute Gasteiger partial charge is 0.494 e. The molecular formula is C24H31BrN2O4S. The van der Waals surface area contributed by atoms with Crippen LogP contribution < -0.4 is 10.1 Å². The lowest BCUT2D eigenvalue weighted by Crippen LogP contribution is -2.43. The number of para-hydroxylation sites is 1. The van der Waals surface area contributed by atoms with E-state index in [0.717, 1.165) is 34.2 Å². The van der Waals surface area contributed by atoms with Gasteiger partial charge in [-0.1, -0.05) is 46.3 Å². The molecule has 3 rings (SSSR count). The first-order valence-electron chi connectivity index (χ1n) is 11.1. The van der Waals surface area contributed by atoms with Crippen molar-refractivity contribution in [3.8, 4) is 5.75 Å². The predicted octanol–water partition coefficient (Wildman–Crippen LogP) is 4.14. The minimum absolute atomic E-state index is 0.0135. The molecular weight excluding hydrogens is 492 g/mol. The molecule has 0 bridgehead atoms. The van der Waals surface area contributed by atoms with Gasteiger partial charge < -0.3 is 10.1 Å². The maximum absolute atomic E-state index is 12.7. The monoisotopic (exact) mass is 522 g/mol. The lowest BCUT2D eigenvalue weighted by Gasteiger charge is -2.30. The molecule has 0 aromatic heterocycles. The molecule has 0 spiro atoms. The fourth-order valence-corrected chi connectivity index (χ4v) is 5.75. The smallest absolute Gasteiger partial charge is 0.223 e. The standard InChI is InChI=1S/C24H31BrN2O4S/c1-2-31-23-8-4-3-6-20(23)7-5-15-26-24(28)21-13-16-27(17-14-21)32(29,30)18-19-9-11-22(25)12-10-19/h3-4,6,8-12,21H,2,5,7,13-18H2,1H3,(H,26,28). The van der Waals surface area contributed by atoms with Crippen molar-refractivity contribution < 1.29 is 17.9 Å². The quantitative estimate of drug-likeness (QED) is 0.475. The van der Waals surface area contributed by atoms with E-state index >= 15 is 0 Å². The van der Waals surface area contributed by atoms with Crippen molar-refractivity contribution in [2.75, 3.05) is 26.2 Å². The molecule has 1 fully saturated rings. The van der Waals surface area contributed by atoms with Gasteiger partial charge in [0.15, 0.2) is 0 Å². The minimum atomic E-state index is -3.38. The lowest BCUT2D eigenvalue weighted by atomic mass is 9.97. The van der Waals surface area contributed by atoms with Crippen LogP contribution in [0.15, 0.2) is 53.0 Å². The zero-order valence-corrected chi connectivity index (χ0v) is 20.8. The second-order valence-corrected chi connectivity index (χ2v) is 10.9. The van der Waals surface area contributed by atoms with E-state index in [4.69, 9.17) is 4.74 Å². The van der Waals surface area contributed by atoms with Crippen LogP contribution in [0.25, 0.3) is 0 Å². The third-order valence-corrected chi connectivity index (χ3v) is 8.05. The zero-order chi connectivity index (χ0) is 23.0. The minimum Gasteiger partial charge on any atom is -0.494 e. The summed E-state index contributed by atoms with van der Waals surface area (Å²) in [7, 11) is -3.38. The summed E-state index contributed by atoms with van der Waals surface area (Å²) in [4.78, 5) is 12.5. The van der Waals surface area contributed by atoms with Crippen LogP contribution in [0.1, 0.15) is 37.3 Å². The van der Waals surface area contributed by atoms with Gasteiger partial charge in [0, 0.05) is 30.0 Å². The van der Waals surface area contributed by atoms with Gasteiger partial charge in [-0.25, -0.2) is 12.7 Å². The van der Waals surface area contributed by atoms with E-state index < -0.39 is 10.0 Å². The molecule has 0 unspecified atom stereocenters. The van der Waals surface area contributed by atoms with Crippen LogP contribution in [-0.4, -0.2) is 44.9 Å². The highest BCUT2D eigenvalue weighted by Gasteiger charge is 2.31. The summed E-state index contributed by atoms with van der Waals surface area (Å²) in [5.74, 6) is 0.774. The molecule has 0 atom stereocenters. The number of ether oxygens (including phenoxy) is 1. The number of rotatable bonds is 10. The average Bonchev–Trinajstić information content (AvgIpc) is 2.79. The number of hydrogen-bond donors (Lipinski definition) is 1. The van der Waals surface area contributed by atoms with Crippen LogP contribution in [0, 0.1) is 5.92 Å². The van der Waals surface area contributed by atoms with E-state index in [2.05, 4.69) is 27.3 Å². The molecule has 1 amide bonds. The molecule has 1 aliphatic heterocycles.